The van der Waals surface area contributed by atoms with Gasteiger partial charge in [0.2, 0.25) is 0 Å². The molecule has 0 atom stereocenters. The summed E-state index contributed by atoms with van der Waals surface area (Å²) in [4.78, 5) is 31.5. The summed E-state index contributed by atoms with van der Waals surface area (Å²) in [7, 11) is 1.83. The van der Waals surface area contributed by atoms with Gasteiger partial charge in [0.1, 0.15) is 10.6 Å². The maximum absolute atomic E-state index is 13.5. The molecular weight excluding hydrogens is 404 g/mol. The molecule has 0 saturated heterocycles. The Balaban J connectivity index is 1.77. The van der Waals surface area contributed by atoms with Crippen LogP contribution in [0.4, 0.5) is 11.4 Å². The first kappa shape index (κ1) is 20.9. The predicted molar refractivity (Wildman–Crippen MR) is 127 cm³/mol. The normalized spacial score (nSPS) is 13.8. The van der Waals surface area contributed by atoms with Crippen LogP contribution in [0.1, 0.15) is 18.1 Å². The van der Waals surface area contributed by atoms with Crippen LogP contribution in [0.15, 0.2) is 94.4 Å². The zero-order valence-corrected chi connectivity index (χ0v) is 18.6. The largest absolute Gasteiger partial charge is 0.339 e. The van der Waals surface area contributed by atoms with Crippen LogP contribution in [0.25, 0.3) is 0 Å². The van der Waals surface area contributed by atoms with Gasteiger partial charge in [-0.25, -0.2) is 4.90 Å². The molecule has 1 aliphatic heterocycles. The Hall–Kier alpha value is -3.31. The molecule has 5 heteroatoms. The number of nitrogens with zero attached hydrogens (tertiary/aromatic N) is 2. The van der Waals surface area contributed by atoms with Crippen LogP contribution in [0.5, 0.6) is 0 Å². The number of benzene rings is 3. The fourth-order valence-corrected chi connectivity index (χ4v) is 4.51. The van der Waals surface area contributed by atoms with Gasteiger partial charge in [-0.1, -0.05) is 66.7 Å². The van der Waals surface area contributed by atoms with Crippen LogP contribution in [0, 0.1) is 6.92 Å². The Kier molecular flexibility index (Phi) is 5.96. The summed E-state index contributed by atoms with van der Waals surface area (Å²) < 4.78 is 0. The number of hydrogen-bond acceptors (Lipinski definition) is 4. The molecule has 0 unspecified atom stereocenters. The van der Waals surface area contributed by atoms with Crippen molar-refractivity contribution >= 4 is 35.0 Å². The maximum Gasteiger partial charge on any atom is 0.283 e. The molecule has 4 rings (SSSR count). The second kappa shape index (κ2) is 8.82. The number of hydrogen-bond donors (Lipinski definition) is 0. The monoisotopic (exact) mass is 428 g/mol. The van der Waals surface area contributed by atoms with Crippen LogP contribution in [0.2, 0.25) is 0 Å². The predicted octanol–water partition coefficient (Wildman–Crippen LogP) is 5.57. The highest BCUT2D eigenvalue weighted by Crippen LogP contribution is 2.39. The standard InChI is InChI=1S/C26H24N2O2S/c1-4-19-12-14-21(15-13-19)28-25(29)23(27(3)20-8-6-5-7-9-20)24(26(28)30)31-22-16-10-18(2)11-17-22/h5-17H,4H2,1-3H3. The molecule has 0 bridgehead atoms. The van der Waals surface area contributed by atoms with Crippen molar-refractivity contribution in [2.75, 3.05) is 16.8 Å². The maximum atomic E-state index is 13.5. The van der Waals surface area contributed by atoms with E-state index in [1.54, 1.807) is 4.90 Å². The van der Waals surface area contributed by atoms with Crippen molar-refractivity contribution in [3.63, 3.8) is 0 Å². The second-order valence-corrected chi connectivity index (χ2v) is 8.54. The van der Waals surface area contributed by atoms with Gasteiger partial charge >= 0.3 is 0 Å². The molecule has 0 saturated carbocycles. The van der Waals surface area contributed by atoms with Crippen LogP contribution < -0.4 is 9.80 Å². The van der Waals surface area contributed by atoms with Gasteiger partial charge in [-0.2, -0.15) is 0 Å². The van der Waals surface area contributed by atoms with Crippen LogP contribution in [-0.2, 0) is 16.0 Å². The molecule has 4 nitrogen and oxygen atoms in total. The van der Waals surface area contributed by atoms with Gasteiger partial charge in [0.25, 0.3) is 11.8 Å². The van der Waals surface area contributed by atoms with Crippen LogP contribution >= 0.6 is 11.8 Å². The van der Waals surface area contributed by atoms with E-state index in [9.17, 15) is 9.59 Å². The molecule has 1 heterocycles. The van der Waals surface area contributed by atoms with E-state index in [2.05, 4.69) is 6.92 Å². The molecule has 31 heavy (non-hydrogen) atoms. The highest BCUT2D eigenvalue weighted by atomic mass is 32.2. The Morgan fingerprint density at radius 1 is 0.839 bits per heavy atom. The molecule has 0 radical (unpaired) electrons. The van der Waals surface area contributed by atoms with E-state index in [-0.39, 0.29) is 11.8 Å². The number of thioether (sulfide) groups is 1. The molecule has 0 aromatic heterocycles. The molecule has 3 aromatic rings. The smallest absolute Gasteiger partial charge is 0.283 e. The molecule has 3 aromatic carbocycles. The number of anilines is 2. The van der Waals surface area contributed by atoms with Gasteiger partial charge in [-0.3, -0.25) is 9.59 Å². The number of rotatable bonds is 6. The number of para-hydroxylation sites is 1. The summed E-state index contributed by atoms with van der Waals surface area (Å²) >= 11 is 1.33. The summed E-state index contributed by atoms with van der Waals surface area (Å²) in [5.41, 5.74) is 4.13. The molecule has 156 valence electrons. The van der Waals surface area contributed by atoms with E-state index >= 15 is 0 Å². The fourth-order valence-electron chi connectivity index (χ4n) is 3.51. The third-order valence-corrected chi connectivity index (χ3v) is 6.42. The lowest BCUT2D eigenvalue weighted by Crippen LogP contribution is -2.34. The zero-order chi connectivity index (χ0) is 22.0. The number of aryl methyl sites for hydroxylation is 2. The highest BCUT2D eigenvalue weighted by molar-refractivity contribution is 8.04. The SMILES string of the molecule is CCc1ccc(N2C(=O)C(Sc3ccc(C)cc3)=C(N(C)c3ccccc3)C2=O)cc1. The van der Waals surface area contributed by atoms with Gasteiger partial charge in [0, 0.05) is 17.6 Å². The molecule has 0 aliphatic carbocycles. The van der Waals surface area contributed by atoms with Gasteiger partial charge in [0.05, 0.1) is 5.69 Å². The van der Waals surface area contributed by atoms with Gasteiger partial charge in [-0.05, 0) is 55.3 Å². The van der Waals surface area contributed by atoms with E-state index in [1.807, 2.05) is 92.8 Å². The lowest BCUT2D eigenvalue weighted by Gasteiger charge is -2.21. The first-order valence-electron chi connectivity index (χ1n) is 10.2. The summed E-state index contributed by atoms with van der Waals surface area (Å²) in [6.45, 7) is 4.10. The fraction of sp³-hybridized carbons (Fsp3) is 0.154. The first-order chi connectivity index (χ1) is 15.0. The Morgan fingerprint density at radius 2 is 1.48 bits per heavy atom. The van der Waals surface area contributed by atoms with E-state index < -0.39 is 0 Å². The lowest BCUT2D eigenvalue weighted by molar-refractivity contribution is -0.120. The Labute approximate surface area is 187 Å². The number of carbonyl (C=O) groups is 2. The lowest BCUT2D eigenvalue weighted by atomic mass is 10.1. The van der Waals surface area contributed by atoms with Crippen molar-refractivity contribution < 1.29 is 9.59 Å². The number of imide groups is 1. The molecule has 1 aliphatic rings. The molecular formula is C26H24N2O2S. The van der Waals surface area contributed by atoms with E-state index in [0.717, 1.165) is 28.1 Å². The number of likely N-dealkylation sites (N-methyl/N-ethyl adjacent to an activating group) is 1. The number of carbonyl (C=O) groups excluding carboxylic acids is 2. The quantitative estimate of drug-likeness (QED) is 0.481. The second-order valence-electron chi connectivity index (χ2n) is 7.45. The minimum atomic E-state index is -0.310. The van der Waals surface area contributed by atoms with Gasteiger partial charge in [-0.15, -0.1) is 0 Å². The van der Waals surface area contributed by atoms with E-state index in [0.29, 0.717) is 16.3 Å². The average molecular weight is 429 g/mol. The first-order valence-corrected chi connectivity index (χ1v) is 11.1. The molecule has 0 N–H and O–H groups in total. The topological polar surface area (TPSA) is 40.6 Å². The van der Waals surface area contributed by atoms with E-state index in [1.165, 1.54) is 16.7 Å². The minimum absolute atomic E-state index is 0.294. The summed E-state index contributed by atoms with van der Waals surface area (Å²) in [6.07, 6.45) is 0.900. The average Bonchev–Trinajstić information content (AvgIpc) is 3.04. The zero-order valence-electron chi connectivity index (χ0n) is 17.8. The van der Waals surface area contributed by atoms with Crippen molar-refractivity contribution in [2.45, 2.75) is 25.2 Å². The summed E-state index contributed by atoms with van der Waals surface area (Å²) in [6, 6.07) is 25.2. The Bertz CT molecular complexity index is 1140. The Morgan fingerprint density at radius 3 is 2.10 bits per heavy atom. The highest BCUT2D eigenvalue weighted by Gasteiger charge is 2.42. The van der Waals surface area contributed by atoms with Crippen LogP contribution in [-0.4, -0.2) is 18.9 Å². The molecule has 2 amide bonds. The van der Waals surface area contributed by atoms with E-state index in [4.69, 9.17) is 0 Å². The van der Waals surface area contributed by atoms with Gasteiger partial charge < -0.3 is 4.90 Å². The molecule has 0 spiro atoms. The van der Waals surface area contributed by atoms with Crippen molar-refractivity contribution in [2.24, 2.45) is 0 Å². The third kappa shape index (κ3) is 4.14. The minimum Gasteiger partial charge on any atom is -0.339 e. The van der Waals surface area contributed by atoms with Crippen molar-refractivity contribution in [1.82, 2.24) is 0 Å². The summed E-state index contributed by atoms with van der Waals surface area (Å²) in [5, 5.41) is 0. The van der Waals surface area contributed by atoms with Gasteiger partial charge in [0.15, 0.2) is 0 Å². The molecule has 0 fully saturated rings. The van der Waals surface area contributed by atoms with Crippen LogP contribution in [0.3, 0.4) is 0 Å². The van der Waals surface area contributed by atoms with Crippen molar-refractivity contribution in [3.05, 3.63) is 101 Å². The number of amides is 2. The van der Waals surface area contributed by atoms with Crippen molar-refractivity contribution in [3.8, 4) is 0 Å². The summed E-state index contributed by atoms with van der Waals surface area (Å²) in [5.74, 6) is -0.604. The van der Waals surface area contributed by atoms with Crippen molar-refractivity contribution in [1.29, 1.82) is 0 Å². The third-order valence-electron chi connectivity index (χ3n) is 5.34.